The predicted octanol–water partition coefficient (Wildman–Crippen LogP) is 3.86. The molecule has 2 aromatic carbocycles. The van der Waals surface area contributed by atoms with Gasteiger partial charge >= 0.3 is 12.1 Å². The van der Waals surface area contributed by atoms with Crippen LogP contribution in [-0.2, 0) is 10.9 Å². The summed E-state index contributed by atoms with van der Waals surface area (Å²) in [6.07, 6.45) is -5.51. The molecule has 0 bridgehead atoms. The van der Waals surface area contributed by atoms with Crippen molar-refractivity contribution in [1.82, 2.24) is 9.97 Å². The number of aromatic amines is 1. The molecule has 0 aliphatic heterocycles. The summed E-state index contributed by atoms with van der Waals surface area (Å²) in [6.45, 7) is 1.47. The summed E-state index contributed by atoms with van der Waals surface area (Å²) in [5.41, 5.74) is -1.16. The molecule has 3 rings (SSSR count). The number of esters is 1. The molecule has 0 spiro atoms. The van der Waals surface area contributed by atoms with Gasteiger partial charge in [0.2, 0.25) is 0 Å². The third-order valence-corrected chi connectivity index (χ3v) is 3.73. The molecule has 1 N–H and O–H groups in total. The first kappa shape index (κ1) is 17.7. The molecule has 0 saturated carbocycles. The lowest BCUT2D eigenvalue weighted by Gasteiger charge is -2.14. The van der Waals surface area contributed by atoms with Gasteiger partial charge in [-0.25, -0.2) is 9.78 Å². The van der Waals surface area contributed by atoms with Gasteiger partial charge in [0.25, 0.3) is 5.56 Å². The molecule has 0 radical (unpaired) electrons. The van der Waals surface area contributed by atoms with Gasteiger partial charge in [0.05, 0.1) is 22.0 Å². The molecule has 8 heteroatoms. The number of carbonyl (C=O) groups excluding carboxylic acids is 1. The Morgan fingerprint density at radius 2 is 1.88 bits per heavy atom. The number of hydrogen-bond donors (Lipinski definition) is 1. The first-order valence-electron chi connectivity index (χ1n) is 7.63. The number of rotatable bonds is 3. The Balaban J connectivity index is 1.85. The number of para-hydroxylation sites is 1. The number of halogens is 3. The standard InChI is InChI=1S/C18H13F3N2O3/c1-10(15-22-14-8-3-2-7-13(14)16(24)23-15)26-17(25)11-5-4-6-12(9-11)18(19,20)21/h2-10H,1H3,(H,22,23,24). The average Bonchev–Trinajstić information content (AvgIpc) is 2.61. The van der Waals surface area contributed by atoms with Crippen molar-refractivity contribution in [3.05, 3.63) is 75.8 Å². The van der Waals surface area contributed by atoms with Crippen LogP contribution in [0.5, 0.6) is 0 Å². The molecule has 1 unspecified atom stereocenters. The number of H-pyrrole nitrogens is 1. The van der Waals surface area contributed by atoms with Crippen molar-refractivity contribution in [1.29, 1.82) is 0 Å². The molecule has 0 aliphatic rings. The SMILES string of the molecule is CC(OC(=O)c1cccc(C(F)(F)F)c1)c1nc2ccccc2c(=O)[nH]1. The topological polar surface area (TPSA) is 72.0 Å². The number of ether oxygens (including phenoxy) is 1. The first-order chi connectivity index (χ1) is 12.3. The second-order valence-electron chi connectivity index (χ2n) is 5.59. The number of benzene rings is 2. The van der Waals surface area contributed by atoms with Gasteiger partial charge < -0.3 is 9.72 Å². The number of fused-ring (bicyclic) bond motifs is 1. The van der Waals surface area contributed by atoms with Gasteiger partial charge in [-0.1, -0.05) is 18.2 Å². The lowest BCUT2D eigenvalue weighted by molar-refractivity contribution is -0.137. The highest BCUT2D eigenvalue weighted by Crippen LogP contribution is 2.30. The van der Waals surface area contributed by atoms with Crippen molar-refractivity contribution in [3.63, 3.8) is 0 Å². The van der Waals surface area contributed by atoms with Gasteiger partial charge in [0, 0.05) is 0 Å². The van der Waals surface area contributed by atoms with E-state index in [-0.39, 0.29) is 11.4 Å². The van der Waals surface area contributed by atoms with Crippen LogP contribution in [0.15, 0.2) is 53.3 Å². The quantitative estimate of drug-likeness (QED) is 0.718. The largest absolute Gasteiger partial charge is 0.451 e. The van der Waals surface area contributed by atoms with Crippen LogP contribution in [0.1, 0.15) is 34.8 Å². The molecule has 5 nitrogen and oxygen atoms in total. The molecular weight excluding hydrogens is 349 g/mol. The zero-order valence-electron chi connectivity index (χ0n) is 13.5. The summed E-state index contributed by atoms with van der Waals surface area (Å²) in [5, 5.41) is 0.382. The van der Waals surface area contributed by atoms with Crippen molar-refractivity contribution in [3.8, 4) is 0 Å². The van der Waals surface area contributed by atoms with E-state index in [0.29, 0.717) is 17.0 Å². The Bertz CT molecular complexity index is 1030. The van der Waals surface area contributed by atoms with Crippen molar-refractivity contribution in [2.75, 3.05) is 0 Å². The first-order valence-corrected chi connectivity index (χ1v) is 7.63. The van der Waals surface area contributed by atoms with Crippen LogP contribution in [0.3, 0.4) is 0 Å². The molecule has 134 valence electrons. The molecule has 0 fully saturated rings. The summed E-state index contributed by atoms with van der Waals surface area (Å²) in [6, 6.07) is 10.6. The van der Waals surface area contributed by atoms with E-state index in [1.807, 2.05) is 0 Å². The lowest BCUT2D eigenvalue weighted by atomic mass is 10.1. The zero-order chi connectivity index (χ0) is 18.9. The van der Waals surface area contributed by atoms with Gasteiger partial charge in [0.15, 0.2) is 11.9 Å². The fraction of sp³-hybridized carbons (Fsp3) is 0.167. The van der Waals surface area contributed by atoms with Crippen LogP contribution in [0.2, 0.25) is 0 Å². The summed E-state index contributed by atoms with van der Waals surface area (Å²) in [4.78, 5) is 30.9. The summed E-state index contributed by atoms with van der Waals surface area (Å²) in [5.74, 6) is -0.839. The number of hydrogen-bond acceptors (Lipinski definition) is 4. The lowest BCUT2D eigenvalue weighted by Crippen LogP contribution is -2.17. The van der Waals surface area contributed by atoms with E-state index in [4.69, 9.17) is 4.74 Å². The van der Waals surface area contributed by atoms with Gasteiger partial charge in [-0.15, -0.1) is 0 Å². The van der Waals surface area contributed by atoms with E-state index < -0.39 is 29.4 Å². The van der Waals surface area contributed by atoms with E-state index in [9.17, 15) is 22.8 Å². The van der Waals surface area contributed by atoms with Crippen LogP contribution in [0, 0.1) is 0 Å². The Kier molecular flexibility index (Phi) is 4.50. The predicted molar refractivity (Wildman–Crippen MR) is 87.6 cm³/mol. The highest BCUT2D eigenvalue weighted by molar-refractivity contribution is 5.89. The molecule has 3 aromatic rings. The third-order valence-electron chi connectivity index (χ3n) is 3.73. The van der Waals surface area contributed by atoms with E-state index >= 15 is 0 Å². The molecule has 0 saturated heterocycles. The Labute approximate surface area is 145 Å². The summed E-state index contributed by atoms with van der Waals surface area (Å²) < 4.78 is 43.4. The normalized spacial score (nSPS) is 12.8. The van der Waals surface area contributed by atoms with Crippen LogP contribution in [0.25, 0.3) is 10.9 Å². The Hall–Kier alpha value is -3.16. The maximum absolute atomic E-state index is 12.7. The van der Waals surface area contributed by atoms with E-state index in [1.54, 1.807) is 24.3 Å². The highest BCUT2D eigenvalue weighted by Gasteiger charge is 2.31. The number of carbonyl (C=O) groups is 1. The smallest absolute Gasteiger partial charge is 0.416 e. The fourth-order valence-corrected chi connectivity index (χ4v) is 2.40. The molecule has 1 atom stereocenters. The van der Waals surface area contributed by atoms with Crippen LogP contribution >= 0.6 is 0 Å². The van der Waals surface area contributed by atoms with E-state index in [0.717, 1.165) is 12.1 Å². The second kappa shape index (κ2) is 6.62. The van der Waals surface area contributed by atoms with Crippen LogP contribution in [-0.4, -0.2) is 15.9 Å². The minimum absolute atomic E-state index is 0.106. The molecule has 26 heavy (non-hydrogen) atoms. The van der Waals surface area contributed by atoms with Crippen LogP contribution in [0.4, 0.5) is 13.2 Å². The van der Waals surface area contributed by atoms with Gasteiger partial charge in [-0.3, -0.25) is 4.79 Å². The van der Waals surface area contributed by atoms with Crippen molar-refractivity contribution in [2.24, 2.45) is 0 Å². The maximum atomic E-state index is 12.7. The molecule has 0 aliphatic carbocycles. The fourth-order valence-electron chi connectivity index (χ4n) is 2.40. The molecule has 0 amide bonds. The summed E-state index contributed by atoms with van der Waals surface area (Å²) in [7, 11) is 0. The van der Waals surface area contributed by atoms with Crippen LogP contribution < -0.4 is 5.56 Å². The van der Waals surface area contributed by atoms with Crippen molar-refractivity contribution >= 4 is 16.9 Å². The molecular formula is C18H13F3N2O3. The van der Waals surface area contributed by atoms with Gasteiger partial charge in [-0.2, -0.15) is 13.2 Å². The van der Waals surface area contributed by atoms with E-state index in [2.05, 4.69) is 9.97 Å². The highest BCUT2D eigenvalue weighted by atomic mass is 19.4. The maximum Gasteiger partial charge on any atom is 0.416 e. The number of nitrogens with one attached hydrogen (secondary N) is 1. The molecule has 1 aromatic heterocycles. The molecule has 1 heterocycles. The minimum Gasteiger partial charge on any atom is -0.451 e. The minimum atomic E-state index is -4.56. The second-order valence-corrected chi connectivity index (χ2v) is 5.59. The average molecular weight is 362 g/mol. The Morgan fingerprint density at radius 3 is 2.62 bits per heavy atom. The van der Waals surface area contributed by atoms with Crippen molar-refractivity contribution < 1.29 is 22.7 Å². The number of nitrogens with zero attached hydrogens (tertiary/aromatic N) is 1. The third kappa shape index (κ3) is 3.58. The number of aromatic nitrogens is 2. The van der Waals surface area contributed by atoms with E-state index in [1.165, 1.54) is 13.0 Å². The van der Waals surface area contributed by atoms with Gasteiger partial charge in [-0.05, 0) is 37.3 Å². The summed E-state index contributed by atoms with van der Waals surface area (Å²) >= 11 is 0. The Morgan fingerprint density at radius 1 is 1.15 bits per heavy atom. The monoisotopic (exact) mass is 362 g/mol. The van der Waals surface area contributed by atoms with Gasteiger partial charge in [0.1, 0.15) is 0 Å². The van der Waals surface area contributed by atoms with Crippen molar-refractivity contribution in [2.45, 2.75) is 19.2 Å². The zero-order valence-corrected chi connectivity index (χ0v) is 13.5. The number of alkyl halides is 3.